The van der Waals surface area contributed by atoms with Gasteiger partial charge in [-0.15, -0.1) is 0 Å². The molecule has 0 amide bonds. The van der Waals surface area contributed by atoms with E-state index >= 15 is 0 Å². The first kappa shape index (κ1) is 21.2. The first-order valence-electron chi connectivity index (χ1n) is 10.8. The van der Waals surface area contributed by atoms with Crippen molar-refractivity contribution < 1.29 is 4.39 Å². The number of hydrogen-bond acceptors (Lipinski definition) is 7. The van der Waals surface area contributed by atoms with Gasteiger partial charge in [-0.1, -0.05) is 0 Å². The van der Waals surface area contributed by atoms with Gasteiger partial charge in [0.15, 0.2) is 17.6 Å². The van der Waals surface area contributed by atoms with E-state index in [0.29, 0.717) is 12.4 Å². The van der Waals surface area contributed by atoms with Crippen LogP contribution in [0.2, 0.25) is 0 Å². The second-order valence-corrected chi connectivity index (χ2v) is 7.76. The van der Waals surface area contributed by atoms with Crippen molar-refractivity contribution in [2.45, 2.75) is 12.5 Å². The second-order valence-electron chi connectivity index (χ2n) is 7.76. The highest BCUT2D eigenvalue weighted by Crippen LogP contribution is 2.20. The Labute approximate surface area is 182 Å². The molecule has 0 spiro atoms. The molecule has 1 unspecified atom stereocenters. The molecule has 166 valence electrons. The number of hydrogen-bond donors (Lipinski definition) is 2. The minimum atomic E-state index is -0.274. The molecule has 0 aliphatic carbocycles. The molecule has 2 aliphatic rings. The van der Waals surface area contributed by atoms with Crippen LogP contribution in [0, 0.1) is 5.82 Å². The van der Waals surface area contributed by atoms with Crippen LogP contribution in [0.25, 0.3) is 0 Å². The molecule has 10 heteroatoms. The third-order valence-corrected chi connectivity index (χ3v) is 5.72. The summed E-state index contributed by atoms with van der Waals surface area (Å²) >= 11 is 0. The molecule has 0 aromatic carbocycles. The highest BCUT2D eigenvalue weighted by molar-refractivity contribution is 5.80. The van der Waals surface area contributed by atoms with Gasteiger partial charge in [-0.2, -0.15) is 0 Å². The molecule has 2 N–H and O–H groups in total. The van der Waals surface area contributed by atoms with Gasteiger partial charge in [-0.05, 0) is 24.6 Å². The Kier molecular flexibility index (Phi) is 7.08. The molecule has 4 heterocycles. The molecule has 9 nitrogen and oxygen atoms in total. The van der Waals surface area contributed by atoms with Crippen LogP contribution < -0.4 is 20.4 Å². The smallest absolute Gasteiger partial charge is 0.225 e. The number of halogens is 1. The number of piperazine rings is 1. The number of guanidine groups is 1. The minimum absolute atomic E-state index is 0.210. The zero-order valence-corrected chi connectivity index (χ0v) is 17.9. The highest BCUT2D eigenvalue weighted by atomic mass is 19.1. The van der Waals surface area contributed by atoms with E-state index in [1.807, 2.05) is 11.0 Å². The number of nitrogens with one attached hydrogen (secondary N) is 2. The summed E-state index contributed by atoms with van der Waals surface area (Å²) < 4.78 is 14.0. The Morgan fingerprint density at radius 1 is 1.06 bits per heavy atom. The molecule has 2 aromatic heterocycles. The van der Waals surface area contributed by atoms with Gasteiger partial charge in [0.2, 0.25) is 5.95 Å². The number of nitrogens with zero attached hydrogens (tertiary/aromatic N) is 7. The normalized spacial score (nSPS) is 20.2. The fourth-order valence-electron chi connectivity index (χ4n) is 4.03. The Bertz CT molecular complexity index is 855. The van der Waals surface area contributed by atoms with Gasteiger partial charge in [0.25, 0.3) is 0 Å². The van der Waals surface area contributed by atoms with Crippen molar-refractivity contribution in [2.75, 3.05) is 69.2 Å². The molecular weight excluding hydrogens is 397 g/mol. The largest absolute Gasteiger partial charge is 0.355 e. The van der Waals surface area contributed by atoms with Gasteiger partial charge in [0, 0.05) is 84.0 Å². The van der Waals surface area contributed by atoms with E-state index in [2.05, 4.69) is 40.4 Å². The van der Waals surface area contributed by atoms with Crippen molar-refractivity contribution in [1.29, 1.82) is 0 Å². The molecule has 2 fully saturated rings. The summed E-state index contributed by atoms with van der Waals surface area (Å²) in [5.74, 6) is 1.74. The number of rotatable bonds is 6. The third-order valence-electron chi connectivity index (χ3n) is 5.72. The van der Waals surface area contributed by atoms with Crippen molar-refractivity contribution in [1.82, 2.24) is 30.5 Å². The van der Waals surface area contributed by atoms with Gasteiger partial charge < -0.3 is 20.4 Å². The average Bonchev–Trinajstić information content (AvgIpc) is 3.28. The molecule has 0 radical (unpaired) electrons. The zero-order valence-electron chi connectivity index (χ0n) is 17.9. The Hall–Kier alpha value is -3.01. The van der Waals surface area contributed by atoms with E-state index in [4.69, 9.17) is 0 Å². The number of aliphatic imine (C=N–C) groups is 1. The van der Waals surface area contributed by atoms with E-state index in [-0.39, 0.29) is 11.9 Å². The maximum Gasteiger partial charge on any atom is 0.225 e. The third kappa shape index (κ3) is 5.57. The summed E-state index contributed by atoms with van der Waals surface area (Å²) in [6.07, 6.45) is 6.12. The van der Waals surface area contributed by atoms with Crippen LogP contribution in [-0.2, 0) is 0 Å². The van der Waals surface area contributed by atoms with Crippen LogP contribution in [0.5, 0.6) is 0 Å². The first-order valence-corrected chi connectivity index (χ1v) is 10.8. The maximum atomic E-state index is 14.0. The van der Waals surface area contributed by atoms with Gasteiger partial charge in [-0.3, -0.25) is 9.89 Å². The summed E-state index contributed by atoms with van der Waals surface area (Å²) in [5, 5.41) is 6.86. The Balaban J connectivity index is 1.17. The summed E-state index contributed by atoms with van der Waals surface area (Å²) in [5.41, 5.74) is 0. The Morgan fingerprint density at radius 2 is 1.84 bits per heavy atom. The van der Waals surface area contributed by atoms with Gasteiger partial charge >= 0.3 is 0 Å². The zero-order chi connectivity index (χ0) is 21.5. The SMILES string of the molecule is CN=C(NCCN1CCN(c2ncccn2)CC1)NC1CCN(c2ncccc2F)C1. The highest BCUT2D eigenvalue weighted by Gasteiger charge is 2.26. The average molecular weight is 428 g/mol. The first-order chi connectivity index (χ1) is 15.2. The lowest BCUT2D eigenvalue weighted by Crippen LogP contribution is -2.50. The van der Waals surface area contributed by atoms with Crippen LogP contribution in [0.15, 0.2) is 41.8 Å². The number of anilines is 2. The van der Waals surface area contributed by atoms with Crippen LogP contribution in [0.3, 0.4) is 0 Å². The van der Waals surface area contributed by atoms with Crippen LogP contribution in [0.4, 0.5) is 16.2 Å². The minimum Gasteiger partial charge on any atom is -0.355 e. The van der Waals surface area contributed by atoms with Gasteiger partial charge in [0.1, 0.15) is 0 Å². The van der Waals surface area contributed by atoms with Crippen LogP contribution >= 0.6 is 0 Å². The van der Waals surface area contributed by atoms with E-state index in [0.717, 1.165) is 64.1 Å². The van der Waals surface area contributed by atoms with Crippen molar-refractivity contribution in [2.24, 2.45) is 4.99 Å². The molecule has 31 heavy (non-hydrogen) atoms. The van der Waals surface area contributed by atoms with Crippen LogP contribution in [0.1, 0.15) is 6.42 Å². The van der Waals surface area contributed by atoms with Crippen molar-refractivity contribution >= 4 is 17.7 Å². The van der Waals surface area contributed by atoms with Crippen LogP contribution in [-0.4, -0.2) is 91.3 Å². The fraction of sp³-hybridized carbons (Fsp3) is 0.524. The van der Waals surface area contributed by atoms with E-state index < -0.39 is 0 Å². The summed E-state index contributed by atoms with van der Waals surface area (Å²) in [4.78, 5) is 23.8. The van der Waals surface area contributed by atoms with Crippen molar-refractivity contribution in [3.63, 3.8) is 0 Å². The molecule has 1 atom stereocenters. The van der Waals surface area contributed by atoms with Gasteiger partial charge in [0.05, 0.1) is 0 Å². The molecule has 2 aromatic rings. The van der Waals surface area contributed by atoms with Crippen molar-refractivity contribution in [3.8, 4) is 0 Å². The predicted molar refractivity (Wildman–Crippen MR) is 120 cm³/mol. The predicted octanol–water partition coefficient (Wildman–Crippen LogP) is 0.577. The lowest BCUT2D eigenvalue weighted by atomic mass is 10.3. The Morgan fingerprint density at radius 3 is 2.58 bits per heavy atom. The summed E-state index contributed by atoms with van der Waals surface area (Å²) in [6.45, 7) is 7.07. The number of aromatic nitrogens is 3. The summed E-state index contributed by atoms with van der Waals surface area (Å²) in [7, 11) is 1.78. The molecule has 0 bridgehead atoms. The number of pyridine rings is 1. The molecular formula is C21H30FN9. The van der Waals surface area contributed by atoms with E-state index in [1.54, 1.807) is 31.7 Å². The van der Waals surface area contributed by atoms with Crippen molar-refractivity contribution in [3.05, 3.63) is 42.6 Å². The lowest BCUT2D eigenvalue weighted by molar-refractivity contribution is 0.260. The lowest BCUT2D eigenvalue weighted by Gasteiger charge is -2.34. The fourth-order valence-corrected chi connectivity index (χ4v) is 4.03. The maximum absolute atomic E-state index is 14.0. The standard InChI is InChI=1S/C21H30FN9/c1-23-20(28-17-5-10-31(16-17)19-18(22)4-2-6-24-19)25-9-11-29-12-14-30(15-13-29)21-26-7-3-8-27-21/h2-4,6-8,17H,5,9-16H2,1H3,(H2,23,25,28). The van der Waals surface area contributed by atoms with Gasteiger partial charge in [-0.25, -0.2) is 19.3 Å². The topological polar surface area (TPSA) is 84.8 Å². The monoisotopic (exact) mass is 427 g/mol. The van der Waals surface area contributed by atoms with E-state index in [1.165, 1.54) is 6.07 Å². The molecule has 0 saturated carbocycles. The molecule has 2 aliphatic heterocycles. The molecule has 2 saturated heterocycles. The quantitative estimate of drug-likeness (QED) is 0.512. The summed E-state index contributed by atoms with van der Waals surface area (Å²) in [6, 6.07) is 5.12. The second kappa shape index (κ2) is 10.3. The van der Waals surface area contributed by atoms with E-state index in [9.17, 15) is 4.39 Å². The molecule has 4 rings (SSSR count).